The highest BCUT2D eigenvalue weighted by molar-refractivity contribution is 6.00. The largest absolute Gasteiger partial charge is 0.495 e. The summed E-state index contributed by atoms with van der Waals surface area (Å²) in [6.07, 6.45) is 9.36. The van der Waals surface area contributed by atoms with E-state index in [-0.39, 0.29) is 5.43 Å². The number of allylic oxidation sites excluding steroid dienone is 4. The van der Waals surface area contributed by atoms with Crippen molar-refractivity contribution >= 4 is 5.84 Å². The fourth-order valence-electron chi connectivity index (χ4n) is 3.00. The average Bonchev–Trinajstić information content (AvgIpc) is 2.79. The molecule has 0 bridgehead atoms. The molecule has 2 aromatic rings. The Balaban J connectivity index is 1.71. The zero-order valence-electron chi connectivity index (χ0n) is 17.7. The summed E-state index contributed by atoms with van der Waals surface area (Å²) in [5, 5.41) is 16.4. The van der Waals surface area contributed by atoms with E-state index >= 15 is 0 Å². The number of ether oxygens (including phenoxy) is 1. The van der Waals surface area contributed by atoms with E-state index in [0.717, 1.165) is 22.7 Å². The quantitative estimate of drug-likeness (QED) is 0.528. The average molecular weight is 415 g/mol. The standard InChI is InChI=1S/C24H25N5O2/c1-3-31-21-16-26-24(27-17-21)20-9-6-8-19(13-20)14-22-23(30)10-12-29(28-22)11-5-4-7-18(2)15-25/h4-10,12-13,16H,3,11,14,17H2,1-2H3,(H,26,27). The minimum atomic E-state index is -0.0942. The maximum absolute atomic E-state index is 12.3. The summed E-state index contributed by atoms with van der Waals surface area (Å²) >= 11 is 0. The van der Waals surface area contributed by atoms with Crippen LogP contribution in [0.4, 0.5) is 0 Å². The van der Waals surface area contributed by atoms with Crippen molar-refractivity contribution in [2.75, 3.05) is 13.2 Å². The lowest BCUT2D eigenvalue weighted by atomic mass is 10.1. The van der Waals surface area contributed by atoms with Crippen molar-refractivity contribution in [1.82, 2.24) is 15.1 Å². The smallest absolute Gasteiger partial charge is 0.203 e. The Labute approximate surface area is 181 Å². The van der Waals surface area contributed by atoms with E-state index in [1.54, 1.807) is 23.9 Å². The Bertz CT molecular complexity index is 1150. The van der Waals surface area contributed by atoms with Crippen LogP contribution in [-0.4, -0.2) is 28.8 Å². The van der Waals surface area contributed by atoms with Gasteiger partial charge in [0.15, 0.2) is 0 Å². The molecule has 3 rings (SSSR count). The van der Waals surface area contributed by atoms with Gasteiger partial charge in [-0.05, 0) is 31.6 Å². The highest BCUT2D eigenvalue weighted by Gasteiger charge is 2.11. The topological polar surface area (TPSA) is 92.3 Å². The maximum Gasteiger partial charge on any atom is 0.203 e. The van der Waals surface area contributed by atoms with E-state index in [2.05, 4.69) is 21.5 Å². The van der Waals surface area contributed by atoms with Crippen LogP contribution in [-0.2, 0) is 17.7 Å². The van der Waals surface area contributed by atoms with Crippen LogP contribution in [0.25, 0.3) is 0 Å². The van der Waals surface area contributed by atoms with Crippen molar-refractivity contribution in [3.05, 3.63) is 99.3 Å². The Morgan fingerprint density at radius 3 is 3.00 bits per heavy atom. The van der Waals surface area contributed by atoms with Crippen LogP contribution in [0, 0.1) is 11.3 Å². The van der Waals surface area contributed by atoms with Gasteiger partial charge in [-0.25, -0.2) is 0 Å². The number of aliphatic imine (C=N–C) groups is 1. The number of nitrogens with one attached hydrogen (secondary N) is 1. The van der Waals surface area contributed by atoms with Crippen molar-refractivity contribution in [2.45, 2.75) is 26.8 Å². The molecule has 0 atom stereocenters. The molecule has 0 aliphatic carbocycles. The summed E-state index contributed by atoms with van der Waals surface area (Å²) in [5.41, 5.74) is 2.94. The van der Waals surface area contributed by atoms with E-state index in [0.29, 0.717) is 37.4 Å². The molecular formula is C24H25N5O2. The van der Waals surface area contributed by atoms with Crippen LogP contribution in [0.15, 0.2) is 82.1 Å². The summed E-state index contributed by atoms with van der Waals surface area (Å²) in [6.45, 7) is 5.32. The number of benzene rings is 1. The van der Waals surface area contributed by atoms with Gasteiger partial charge >= 0.3 is 0 Å². The minimum Gasteiger partial charge on any atom is -0.495 e. The Morgan fingerprint density at radius 1 is 1.39 bits per heavy atom. The highest BCUT2D eigenvalue weighted by Crippen LogP contribution is 2.12. The van der Waals surface area contributed by atoms with Crippen LogP contribution in [0.2, 0.25) is 0 Å². The molecule has 0 saturated carbocycles. The predicted molar refractivity (Wildman–Crippen MR) is 121 cm³/mol. The van der Waals surface area contributed by atoms with Crippen LogP contribution in [0.5, 0.6) is 0 Å². The first-order valence-corrected chi connectivity index (χ1v) is 10.1. The second-order valence-corrected chi connectivity index (χ2v) is 6.97. The van der Waals surface area contributed by atoms with Gasteiger partial charge in [-0.15, -0.1) is 0 Å². The third kappa shape index (κ3) is 6.28. The summed E-state index contributed by atoms with van der Waals surface area (Å²) in [6, 6.07) is 11.5. The zero-order chi connectivity index (χ0) is 22.1. The van der Waals surface area contributed by atoms with E-state index in [4.69, 9.17) is 10.00 Å². The van der Waals surface area contributed by atoms with Gasteiger partial charge in [0, 0.05) is 36.0 Å². The molecule has 1 N–H and O–H groups in total. The number of nitriles is 1. The van der Waals surface area contributed by atoms with E-state index in [9.17, 15) is 4.79 Å². The fourth-order valence-corrected chi connectivity index (χ4v) is 3.00. The first-order chi connectivity index (χ1) is 15.1. The van der Waals surface area contributed by atoms with E-state index in [1.807, 2.05) is 49.5 Å². The van der Waals surface area contributed by atoms with Crippen LogP contribution in [0.3, 0.4) is 0 Å². The molecule has 1 aromatic carbocycles. The van der Waals surface area contributed by atoms with Crippen molar-refractivity contribution < 1.29 is 4.74 Å². The molecule has 0 saturated heterocycles. The summed E-state index contributed by atoms with van der Waals surface area (Å²) in [4.78, 5) is 16.9. The van der Waals surface area contributed by atoms with Gasteiger partial charge in [0.05, 0.1) is 19.2 Å². The molecule has 158 valence electrons. The molecular weight excluding hydrogens is 390 g/mol. The lowest BCUT2D eigenvalue weighted by Gasteiger charge is -2.15. The molecule has 0 radical (unpaired) electrons. The second-order valence-electron chi connectivity index (χ2n) is 6.97. The Kier molecular flexibility index (Phi) is 7.55. The summed E-state index contributed by atoms with van der Waals surface area (Å²) in [7, 11) is 0. The molecule has 0 spiro atoms. The molecule has 0 amide bonds. The number of amidine groups is 1. The molecule has 1 aliphatic heterocycles. The van der Waals surface area contributed by atoms with Crippen molar-refractivity contribution in [3.8, 4) is 6.07 Å². The molecule has 2 heterocycles. The number of aromatic nitrogens is 2. The van der Waals surface area contributed by atoms with Crippen molar-refractivity contribution in [1.29, 1.82) is 5.26 Å². The van der Waals surface area contributed by atoms with Crippen LogP contribution < -0.4 is 10.7 Å². The Hall–Kier alpha value is -3.92. The first-order valence-electron chi connectivity index (χ1n) is 10.1. The van der Waals surface area contributed by atoms with E-state index < -0.39 is 0 Å². The molecule has 1 aliphatic rings. The van der Waals surface area contributed by atoms with Gasteiger partial charge < -0.3 is 10.1 Å². The van der Waals surface area contributed by atoms with Crippen molar-refractivity contribution in [3.63, 3.8) is 0 Å². The monoisotopic (exact) mass is 415 g/mol. The first kappa shape index (κ1) is 21.8. The number of nitrogens with zero attached hydrogens (tertiary/aromatic N) is 4. The van der Waals surface area contributed by atoms with Gasteiger partial charge in [-0.2, -0.15) is 10.4 Å². The van der Waals surface area contributed by atoms with E-state index in [1.165, 1.54) is 6.07 Å². The number of rotatable bonds is 8. The molecule has 1 aromatic heterocycles. The third-order valence-electron chi connectivity index (χ3n) is 4.55. The van der Waals surface area contributed by atoms with Crippen LogP contribution in [0.1, 0.15) is 30.7 Å². The lowest BCUT2D eigenvalue weighted by Crippen LogP contribution is -2.25. The van der Waals surface area contributed by atoms with Gasteiger partial charge in [0.1, 0.15) is 23.8 Å². The molecule has 7 heteroatoms. The highest BCUT2D eigenvalue weighted by atomic mass is 16.5. The fraction of sp³-hybridized carbons (Fsp3) is 0.250. The van der Waals surface area contributed by atoms with Gasteiger partial charge in [-0.3, -0.25) is 14.5 Å². The third-order valence-corrected chi connectivity index (χ3v) is 4.55. The maximum atomic E-state index is 12.3. The molecule has 0 unspecified atom stereocenters. The molecule has 31 heavy (non-hydrogen) atoms. The molecule has 0 fully saturated rings. The van der Waals surface area contributed by atoms with Crippen molar-refractivity contribution in [2.24, 2.45) is 4.99 Å². The normalized spacial score (nSPS) is 13.9. The second kappa shape index (κ2) is 10.7. The number of hydrogen-bond donors (Lipinski definition) is 1. The predicted octanol–water partition coefficient (Wildman–Crippen LogP) is 3.09. The van der Waals surface area contributed by atoms with Gasteiger partial charge in [0.25, 0.3) is 0 Å². The summed E-state index contributed by atoms with van der Waals surface area (Å²) in [5.74, 6) is 1.58. The van der Waals surface area contributed by atoms with Crippen LogP contribution >= 0.6 is 0 Å². The minimum absolute atomic E-state index is 0.0942. The Morgan fingerprint density at radius 2 is 2.26 bits per heavy atom. The summed E-state index contributed by atoms with van der Waals surface area (Å²) < 4.78 is 7.18. The lowest BCUT2D eigenvalue weighted by molar-refractivity contribution is 0.224. The number of hydrogen-bond acceptors (Lipinski definition) is 6. The van der Waals surface area contributed by atoms with Gasteiger partial charge in [-0.1, -0.05) is 30.4 Å². The molecule has 7 nitrogen and oxygen atoms in total. The zero-order valence-corrected chi connectivity index (χ0v) is 17.7. The van der Waals surface area contributed by atoms with Gasteiger partial charge in [0.2, 0.25) is 5.43 Å². The SMILES string of the molecule is CCOC1=CNC(c2cccc(Cc3nn(CC=CC=C(C)C#N)ccc3=O)c2)=NC1.